The van der Waals surface area contributed by atoms with Gasteiger partial charge in [-0.1, -0.05) is 0 Å². The molecule has 0 atom stereocenters. The van der Waals surface area contributed by atoms with Crippen LogP contribution in [0.15, 0.2) is 0 Å². The zero-order chi connectivity index (χ0) is 0. The van der Waals surface area contributed by atoms with Gasteiger partial charge in [-0.3, -0.25) is 0 Å². The molecule has 0 aliphatic heterocycles. The summed E-state index contributed by atoms with van der Waals surface area (Å²) in [7, 11) is 0. The molecule has 0 rings (SSSR count). The summed E-state index contributed by atoms with van der Waals surface area (Å²) < 4.78 is 0. The standard InChI is InChI=1S/6H2O.V/h6*1H2;. The molecular weight excluding hydrogens is 147 g/mol. The van der Waals surface area contributed by atoms with Crippen LogP contribution in [0.5, 0.6) is 0 Å². The minimum Gasteiger partial charge on any atom is -0.412 e. The van der Waals surface area contributed by atoms with Crippen LogP contribution in [0.3, 0.4) is 0 Å². The van der Waals surface area contributed by atoms with Crippen molar-refractivity contribution < 1.29 is 51.4 Å². The monoisotopic (exact) mass is 159 g/mol. The summed E-state index contributed by atoms with van der Waals surface area (Å²) >= 11 is 0. The summed E-state index contributed by atoms with van der Waals surface area (Å²) in [5.74, 6) is 0. The predicted octanol–water partition coefficient (Wildman–Crippen LogP) is -4.95. The zero-order valence-corrected chi connectivity index (χ0v) is 4.84. The van der Waals surface area contributed by atoms with E-state index in [1.807, 2.05) is 0 Å². The average molecular weight is 159 g/mol. The van der Waals surface area contributed by atoms with Gasteiger partial charge in [0, 0.05) is 18.6 Å². The molecule has 0 saturated heterocycles. The van der Waals surface area contributed by atoms with Gasteiger partial charge >= 0.3 is 0 Å². The first-order chi connectivity index (χ1) is 0. The maximum Gasteiger partial charge on any atom is 0 e. The van der Waals surface area contributed by atoms with E-state index in [2.05, 4.69) is 0 Å². The van der Waals surface area contributed by atoms with Crippen molar-refractivity contribution in [3.63, 3.8) is 0 Å². The third-order valence-corrected chi connectivity index (χ3v) is 0. The van der Waals surface area contributed by atoms with Gasteiger partial charge in [0.2, 0.25) is 0 Å². The Morgan fingerprint density at radius 3 is 0.286 bits per heavy atom. The molecule has 0 unspecified atom stereocenters. The minimum absolute atomic E-state index is 0. The third-order valence-electron chi connectivity index (χ3n) is 0. The van der Waals surface area contributed by atoms with Gasteiger partial charge in [-0.25, -0.2) is 0 Å². The van der Waals surface area contributed by atoms with E-state index in [0.717, 1.165) is 0 Å². The maximum absolute atomic E-state index is 0. The summed E-state index contributed by atoms with van der Waals surface area (Å²) in [5.41, 5.74) is 0. The van der Waals surface area contributed by atoms with Crippen LogP contribution in [0.1, 0.15) is 0 Å². The fraction of sp³-hybridized carbons (Fsp3) is 0. The zero-order valence-electron chi connectivity index (χ0n) is 3.45. The predicted molar refractivity (Wildman–Crippen MR) is 21.7 cm³/mol. The van der Waals surface area contributed by atoms with Gasteiger partial charge < -0.3 is 32.9 Å². The molecule has 0 aliphatic rings. The Morgan fingerprint density at radius 1 is 0.286 bits per heavy atom. The average Bonchev–Trinajstić information content (AvgIpc) is 0. The van der Waals surface area contributed by atoms with Crippen LogP contribution in [-0.2, 0) is 18.6 Å². The normalized spacial score (nSPS) is 0. The summed E-state index contributed by atoms with van der Waals surface area (Å²) in [6, 6.07) is 0. The fourth-order valence-electron chi connectivity index (χ4n) is 0. The van der Waals surface area contributed by atoms with E-state index in [-0.39, 0.29) is 51.4 Å². The Bertz CT molecular complexity index is 4.14. The quantitative estimate of drug-likeness (QED) is 0.327. The van der Waals surface area contributed by atoms with E-state index in [0.29, 0.717) is 0 Å². The van der Waals surface area contributed by atoms with Gasteiger partial charge in [-0.05, 0) is 0 Å². The molecule has 0 fully saturated rings. The molecule has 0 aliphatic carbocycles. The molecule has 6 nitrogen and oxygen atoms in total. The third kappa shape index (κ3) is 1010. The molecule has 7 heavy (non-hydrogen) atoms. The number of hydrogen-bond acceptors (Lipinski definition) is 0. The first-order valence-corrected chi connectivity index (χ1v) is 0. The van der Waals surface area contributed by atoms with Crippen molar-refractivity contribution in [1.82, 2.24) is 0 Å². The van der Waals surface area contributed by atoms with E-state index in [1.54, 1.807) is 0 Å². The molecule has 7 heteroatoms. The molecular formula is H12O6V. The van der Waals surface area contributed by atoms with Crippen LogP contribution >= 0.6 is 0 Å². The van der Waals surface area contributed by atoms with Crippen molar-refractivity contribution in [2.24, 2.45) is 0 Å². The molecule has 0 amide bonds. The van der Waals surface area contributed by atoms with Crippen molar-refractivity contribution in [2.75, 3.05) is 0 Å². The van der Waals surface area contributed by atoms with Gasteiger partial charge in [-0.2, -0.15) is 0 Å². The molecule has 0 aromatic rings. The first kappa shape index (κ1) is 2490. The van der Waals surface area contributed by atoms with Crippen molar-refractivity contribution in [3.8, 4) is 0 Å². The smallest absolute Gasteiger partial charge is 0 e. The molecule has 0 aromatic heterocycles. The summed E-state index contributed by atoms with van der Waals surface area (Å²) in [6.07, 6.45) is 0. The van der Waals surface area contributed by atoms with Crippen molar-refractivity contribution in [3.05, 3.63) is 0 Å². The van der Waals surface area contributed by atoms with Crippen LogP contribution < -0.4 is 0 Å². The van der Waals surface area contributed by atoms with E-state index in [1.165, 1.54) is 0 Å². The molecule has 0 saturated carbocycles. The molecule has 0 heterocycles. The topological polar surface area (TPSA) is 189 Å². The summed E-state index contributed by atoms with van der Waals surface area (Å²) in [5, 5.41) is 0. The van der Waals surface area contributed by atoms with Gasteiger partial charge in [0.25, 0.3) is 0 Å². The molecule has 12 N–H and O–H groups in total. The van der Waals surface area contributed by atoms with E-state index in [9.17, 15) is 0 Å². The Labute approximate surface area is 52.3 Å². The van der Waals surface area contributed by atoms with E-state index in [4.69, 9.17) is 0 Å². The maximum atomic E-state index is 0. The van der Waals surface area contributed by atoms with Crippen molar-refractivity contribution >= 4 is 0 Å². The van der Waals surface area contributed by atoms with Crippen LogP contribution in [0.2, 0.25) is 0 Å². The van der Waals surface area contributed by atoms with Crippen LogP contribution in [0.4, 0.5) is 0 Å². The largest absolute Gasteiger partial charge is 0.412 e. The molecule has 53 valence electrons. The Kier molecular flexibility index (Phi) is 544000. The van der Waals surface area contributed by atoms with Gasteiger partial charge in [0.1, 0.15) is 0 Å². The SMILES string of the molecule is O.O.O.O.O.O.[V]. The molecule has 0 aromatic carbocycles. The van der Waals surface area contributed by atoms with Crippen LogP contribution in [-0.4, -0.2) is 32.9 Å². The van der Waals surface area contributed by atoms with Crippen molar-refractivity contribution in [2.45, 2.75) is 0 Å². The van der Waals surface area contributed by atoms with Crippen LogP contribution in [0.25, 0.3) is 0 Å². The van der Waals surface area contributed by atoms with Gasteiger partial charge in [0.05, 0.1) is 0 Å². The number of rotatable bonds is 0. The Balaban J connectivity index is 0. The van der Waals surface area contributed by atoms with E-state index >= 15 is 0 Å². The second-order valence-corrected chi connectivity index (χ2v) is 0. The summed E-state index contributed by atoms with van der Waals surface area (Å²) in [6.45, 7) is 0. The molecule has 0 spiro atoms. The van der Waals surface area contributed by atoms with Gasteiger partial charge in [-0.15, -0.1) is 0 Å². The minimum atomic E-state index is 0. The van der Waals surface area contributed by atoms with Crippen LogP contribution in [0, 0.1) is 0 Å². The Hall–Kier alpha value is 0.344. The van der Waals surface area contributed by atoms with E-state index < -0.39 is 0 Å². The Morgan fingerprint density at radius 2 is 0.286 bits per heavy atom. The van der Waals surface area contributed by atoms with Gasteiger partial charge in [0.15, 0.2) is 0 Å². The second kappa shape index (κ2) is 1530. The van der Waals surface area contributed by atoms with Crippen molar-refractivity contribution in [1.29, 1.82) is 0 Å². The molecule has 0 bridgehead atoms. The molecule has 1 radical (unpaired) electrons. The summed E-state index contributed by atoms with van der Waals surface area (Å²) in [4.78, 5) is 0. The first-order valence-electron chi connectivity index (χ1n) is 0. The number of hydrogen-bond donors (Lipinski definition) is 0. The fourth-order valence-corrected chi connectivity index (χ4v) is 0. The second-order valence-electron chi connectivity index (χ2n) is 0.